The smallest absolute Gasteiger partial charge is 0.229 e. The van der Waals surface area contributed by atoms with Crippen molar-refractivity contribution in [3.8, 4) is 11.8 Å². The van der Waals surface area contributed by atoms with E-state index in [1.54, 1.807) is 4.90 Å². The lowest BCUT2D eigenvalue weighted by Crippen LogP contribution is -2.35. The standard InChI is InChI=1S/C52H54N4O2/c1-51(2)42-25-16-19-28-45(42)54(5)47(51)30-10-7-6-8-11-31-48-52(3,4)43-26-17-20-29-46(43)55(48)37-21-9-12-32-49(57)53-36-35-50(58)56-38-41-24-14-13-22-39(41)33-34-40-23-15-18-27-44(40)56/h6-8,10-11,13-20,22-31H,9,12,21,32,35-38H2,1-5H3/p+1. The molecule has 0 radical (unpaired) electrons. The highest BCUT2D eigenvalue weighted by atomic mass is 16.2. The van der Waals surface area contributed by atoms with Gasteiger partial charge in [-0.2, -0.15) is 4.58 Å². The molecule has 3 heterocycles. The van der Waals surface area contributed by atoms with Gasteiger partial charge in [-0.05, 0) is 68.2 Å². The Labute approximate surface area is 345 Å². The van der Waals surface area contributed by atoms with Gasteiger partial charge in [-0.3, -0.25) is 9.59 Å². The van der Waals surface area contributed by atoms with Crippen LogP contribution in [0.4, 0.5) is 17.1 Å². The van der Waals surface area contributed by atoms with Crippen molar-refractivity contribution in [2.24, 2.45) is 0 Å². The molecule has 0 aliphatic carbocycles. The Bertz CT molecular complexity index is 2410. The molecule has 0 saturated carbocycles. The van der Waals surface area contributed by atoms with Gasteiger partial charge in [0.15, 0.2) is 5.71 Å². The van der Waals surface area contributed by atoms with Crippen LogP contribution in [0.3, 0.4) is 0 Å². The van der Waals surface area contributed by atoms with Crippen molar-refractivity contribution in [2.75, 3.05) is 29.9 Å². The highest BCUT2D eigenvalue weighted by Crippen LogP contribution is 2.47. The number of unbranched alkanes of at least 4 members (excludes halogenated alkanes) is 2. The summed E-state index contributed by atoms with van der Waals surface area (Å²) in [6.07, 6.45) is 18.4. The molecule has 1 N–H and O–H groups in total. The zero-order valence-electron chi connectivity index (χ0n) is 34.6. The molecule has 0 saturated heterocycles. The summed E-state index contributed by atoms with van der Waals surface area (Å²) < 4.78 is 2.29. The zero-order chi connectivity index (χ0) is 40.7. The summed E-state index contributed by atoms with van der Waals surface area (Å²) in [5.74, 6) is 6.46. The molecule has 0 aromatic heterocycles. The quantitative estimate of drug-likeness (QED) is 0.0638. The number of anilines is 2. The summed E-state index contributed by atoms with van der Waals surface area (Å²) >= 11 is 0. The van der Waals surface area contributed by atoms with E-state index in [1.165, 1.54) is 33.9 Å². The monoisotopic (exact) mass is 767 g/mol. The predicted octanol–water partition coefficient (Wildman–Crippen LogP) is 10.1. The highest BCUT2D eigenvalue weighted by molar-refractivity contribution is 6.03. The molecule has 4 aromatic carbocycles. The van der Waals surface area contributed by atoms with E-state index in [4.69, 9.17) is 0 Å². The fourth-order valence-corrected chi connectivity index (χ4v) is 8.64. The number of hydrogen-bond acceptors (Lipinski definition) is 3. The van der Waals surface area contributed by atoms with Crippen LogP contribution >= 0.6 is 0 Å². The van der Waals surface area contributed by atoms with Crippen LogP contribution in [0.25, 0.3) is 0 Å². The van der Waals surface area contributed by atoms with Crippen molar-refractivity contribution in [3.63, 3.8) is 0 Å². The van der Waals surface area contributed by atoms with Gasteiger partial charge in [-0.1, -0.05) is 129 Å². The molecule has 0 bridgehead atoms. The molecule has 2 amide bonds. The molecule has 3 aliphatic heterocycles. The van der Waals surface area contributed by atoms with Crippen LogP contribution in [-0.4, -0.2) is 42.2 Å². The first-order chi connectivity index (χ1) is 28.1. The van der Waals surface area contributed by atoms with Crippen LogP contribution < -0.4 is 15.1 Å². The second-order valence-corrected chi connectivity index (χ2v) is 16.4. The Morgan fingerprint density at radius 2 is 1.36 bits per heavy atom. The molecule has 4 aromatic rings. The maximum atomic E-state index is 13.5. The van der Waals surface area contributed by atoms with Crippen molar-refractivity contribution in [2.45, 2.75) is 77.2 Å². The summed E-state index contributed by atoms with van der Waals surface area (Å²) in [5.41, 5.74) is 11.2. The molecule has 0 spiro atoms. The van der Waals surface area contributed by atoms with Gasteiger partial charge in [0.2, 0.25) is 17.5 Å². The van der Waals surface area contributed by atoms with Crippen molar-refractivity contribution in [1.29, 1.82) is 0 Å². The summed E-state index contributed by atoms with van der Waals surface area (Å²) in [6, 6.07) is 33.1. The third kappa shape index (κ3) is 8.41. The van der Waals surface area contributed by atoms with Gasteiger partial charge in [0.1, 0.15) is 7.05 Å². The Balaban J connectivity index is 0.893. The fourth-order valence-electron chi connectivity index (χ4n) is 8.64. The minimum Gasteiger partial charge on any atom is -0.356 e. The van der Waals surface area contributed by atoms with Crippen LogP contribution in [0.15, 0.2) is 145 Å². The summed E-state index contributed by atoms with van der Waals surface area (Å²) in [5, 5.41) is 3.00. The van der Waals surface area contributed by atoms with Gasteiger partial charge in [0.05, 0.1) is 17.6 Å². The Morgan fingerprint density at radius 1 is 0.707 bits per heavy atom. The lowest BCUT2D eigenvalue weighted by Gasteiger charge is -2.27. The number of amides is 2. The van der Waals surface area contributed by atoms with Crippen LogP contribution in [-0.2, 0) is 27.0 Å². The fraction of sp³-hybridized carbons (Fsp3) is 0.288. The molecule has 0 unspecified atom stereocenters. The number of carbonyl (C=O) groups excluding carboxylic acids is 2. The molecular weight excluding hydrogens is 713 g/mol. The number of carbonyl (C=O) groups is 2. The van der Waals surface area contributed by atoms with Gasteiger partial charge in [0, 0.05) is 71.6 Å². The number of fused-ring (bicyclic) bond motifs is 4. The first-order valence-electron chi connectivity index (χ1n) is 20.6. The summed E-state index contributed by atoms with van der Waals surface area (Å²) in [7, 11) is 2.15. The predicted molar refractivity (Wildman–Crippen MR) is 239 cm³/mol. The average Bonchev–Trinajstić information content (AvgIpc) is 3.55. The second kappa shape index (κ2) is 17.5. The van der Waals surface area contributed by atoms with E-state index in [0.29, 0.717) is 19.5 Å². The summed E-state index contributed by atoms with van der Waals surface area (Å²) in [4.78, 5) is 30.6. The van der Waals surface area contributed by atoms with Crippen LogP contribution in [0.2, 0.25) is 0 Å². The molecule has 3 aliphatic rings. The molecule has 0 fully saturated rings. The van der Waals surface area contributed by atoms with Crippen molar-refractivity contribution in [1.82, 2.24) is 5.32 Å². The Morgan fingerprint density at radius 3 is 2.17 bits per heavy atom. The minimum atomic E-state index is -0.127. The van der Waals surface area contributed by atoms with Crippen molar-refractivity contribution in [3.05, 3.63) is 173 Å². The second-order valence-electron chi connectivity index (χ2n) is 16.4. The van der Waals surface area contributed by atoms with Gasteiger partial charge >= 0.3 is 0 Å². The van der Waals surface area contributed by atoms with E-state index in [0.717, 1.165) is 48.2 Å². The van der Waals surface area contributed by atoms with Crippen molar-refractivity contribution >= 4 is 34.6 Å². The normalized spacial score (nSPS) is 16.9. The number of nitrogens with zero attached hydrogens (tertiary/aromatic N) is 3. The first kappa shape index (κ1) is 40.0. The molecule has 294 valence electrons. The SMILES string of the molecule is C[N+]1=C(C=CC=CC=CC=C2N(CCCCCC(=O)NCCC(=O)N3Cc4ccccc4C#Cc4ccccc43)c3ccccc3C2(C)C)C(C)(C)c2ccccc21. The maximum absolute atomic E-state index is 13.5. The van der Waals surface area contributed by atoms with Crippen LogP contribution in [0.1, 0.15) is 87.6 Å². The molecule has 58 heavy (non-hydrogen) atoms. The number of rotatable bonds is 13. The molecule has 0 atom stereocenters. The zero-order valence-corrected chi connectivity index (χ0v) is 34.6. The molecule has 6 heteroatoms. The van der Waals surface area contributed by atoms with E-state index >= 15 is 0 Å². The molecule has 6 nitrogen and oxygen atoms in total. The number of allylic oxidation sites excluding steroid dienone is 8. The minimum absolute atomic E-state index is 0.0129. The Hall–Kier alpha value is -6.19. The molecular formula is C52H55N4O2+. The number of hydrogen-bond donors (Lipinski definition) is 1. The van der Waals surface area contributed by atoms with Crippen LogP contribution in [0, 0.1) is 11.8 Å². The van der Waals surface area contributed by atoms with Gasteiger partial charge < -0.3 is 15.1 Å². The number of nitrogens with one attached hydrogen (secondary N) is 1. The average molecular weight is 768 g/mol. The van der Waals surface area contributed by atoms with Gasteiger partial charge in [-0.15, -0.1) is 0 Å². The third-order valence-corrected chi connectivity index (χ3v) is 11.8. The van der Waals surface area contributed by atoms with Gasteiger partial charge in [-0.25, -0.2) is 0 Å². The molecule has 7 rings (SSSR count). The van der Waals surface area contributed by atoms with Crippen LogP contribution in [0.5, 0.6) is 0 Å². The largest absolute Gasteiger partial charge is 0.356 e. The van der Waals surface area contributed by atoms with E-state index in [-0.39, 0.29) is 29.1 Å². The first-order valence-corrected chi connectivity index (χ1v) is 20.6. The third-order valence-electron chi connectivity index (χ3n) is 11.8. The van der Waals surface area contributed by atoms with E-state index in [1.807, 2.05) is 48.5 Å². The summed E-state index contributed by atoms with van der Waals surface area (Å²) in [6.45, 7) is 10.8. The number of benzene rings is 4. The number of para-hydroxylation sites is 3. The highest BCUT2D eigenvalue weighted by Gasteiger charge is 2.42. The van der Waals surface area contributed by atoms with E-state index < -0.39 is 0 Å². The van der Waals surface area contributed by atoms with Crippen molar-refractivity contribution < 1.29 is 14.2 Å². The van der Waals surface area contributed by atoms with E-state index in [2.05, 4.69) is 152 Å². The Kier molecular flexibility index (Phi) is 12.1. The topological polar surface area (TPSA) is 55.7 Å². The van der Waals surface area contributed by atoms with E-state index in [9.17, 15) is 9.59 Å². The lowest BCUT2D eigenvalue weighted by atomic mass is 9.81. The maximum Gasteiger partial charge on any atom is 0.229 e. The lowest BCUT2D eigenvalue weighted by molar-refractivity contribution is -0.401. The van der Waals surface area contributed by atoms with Gasteiger partial charge in [0.25, 0.3) is 0 Å².